The number of hydrazone groups is 1. The zero-order valence-corrected chi connectivity index (χ0v) is 21.4. The van der Waals surface area contributed by atoms with E-state index in [1.807, 2.05) is 54.2 Å². The van der Waals surface area contributed by atoms with Crippen molar-refractivity contribution in [3.8, 4) is 0 Å². The van der Waals surface area contributed by atoms with E-state index in [4.69, 9.17) is 9.84 Å². The van der Waals surface area contributed by atoms with Gasteiger partial charge < -0.3 is 15.0 Å². The van der Waals surface area contributed by atoms with Gasteiger partial charge in [-0.2, -0.15) is 5.10 Å². The molecule has 3 aromatic rings. The van der Waals surface area contributed by atoms with Crippen molar-refractivity contribution in [2.45, 2.75) is 51.2 Å². The summed E-state index contributed by atoms with van der Waals surface area (Å²) in [5.74, 6) is 1.39. The molecule has 4 heterocycles. The Morgan fingerprint density at radius 1 is 1.05 bits per heavy atom. The van der Waals surface area contributed by atoms with Crippen LogP contribution in [0, 0.1) is 6.92 Å². The lowest BCUT2D eigenvalue weighted by atomic mass is 9.77. The molecule has 0 spiro atoms. The molecular weight excluding hydrogens is 469 g/mol. The van der Waals surface area contributed by atoms with Crippen molar-refractivity contribution < 1.29 is 9.13 Å². The molecule has 2 aliphatic heterocycles. The number of benzene rings is 1. The summed E-state index contributed by atoms with van der Waals surface area (Å²) < 4.78 is 22.5. The molecule has 6 rings (SSSR count). The van der Waals surface area contributed by atoms with Crippen molar-refractivity contribution >= 4 is 17.4 Å². The lowest BCUT2D eigenvalue weighted by Gasteiger charge is -2.34. The number of rotatable bonds is 9. The zero-order chi connectivity index (χ0) is 25.2. The van der Waals surface area contributed by atoms with Gasteiger partial charge in [-0.1, -0.05) is 18.2 Å². The maximum atomic E-state index is 14.7. The van der Waals surface area contributed by atoms with Gasteiger partial charge in [0.05, 0.1) is 12.2 Å². The van der Waals surface area contributed by atoms with E-state index in [2.05, 4.69) is 26.4 Å². The number of nitrogens with zero attached hydrogens (tertiary/aromatic N) is 6. The molecule has 1 N–H and O–H groups in total. The lowest BCUT2D eigenvalue weighted by Crippen LogP contribution is -2.28. The number of alkyl halides is 1. The lowest BCUT2D eigenvalue weighted by molar-refractivity contribution is 0.0609. The summed E-state index contributed by atoms with van der Waals surface area (Å²) in [7, 11) is 0. The van der Waals surface area contributed by atoms with Gasteiger partial charge in [0.2, 0.25) is 0 Å². The van der Waals surface area contributed by atoms with Crippen LogP contribution < -0.4 is 10.3 Å². The highest BCUT2D eigenvalue weighted by Gasteiger charge is 2.38. The second-order valence-corrected chi connectivity index (χ2v) is 10.3. The molecule has 1 aromatic carbocycles. The SMILES string of the molecule is Cc1cc(C2=NN(c3ccc(C4(F)CCC4)cc3)CO2)nn1Cc1ccc(NCCN2CCCC2)nc1. The molecule has 0 atom stereocenters. The molecule has 2 fully saturated rings. The zero-order valence-electron chi connectivity index (χ0n) is 21.4. The minimum absolute atomic E-state index is 0.303. The molecule has 8 nitrogen and oxygen atoms in total. The molecule has 2 aromatic heterocycles. The number of hydrogen-bond donors (Lipinski definition) is 1. The number of aromatic nitrogens is 3. The molecule has 1 aliphatic carbocycles. The van der Waals surface area contributed by atoms with Crippen LogP contribution in [0.25, 0.3) is 0 Å². The van der Waals surface area contributed by atoms with Crippen molar-refractivity contribution in [3.63, 3.8) is 0 Å². The predicted molar refractivity (Wildman–Crippen MR) is 143 cm³/mol. The minimum atomic E-state index is -1.15. The summed E-state index contributed by atoms with van der Waals surface area (Å²) in [6.45, 7) is 7.34. The van der Waals surface area contributed by atoms with Crippen molar-refractivity contribution in [2.24, 2.45) is 5.10 Å². The van der Waals surface area contributed by atoms with Crippen LogP contribution in [-0.2, 0) is 17.0 Å². The van der Waals surface area contributed by atoms with Crippen LogP contribution in [0.5, 0.6) is 0 Å². The summed E-state index contributed by atoms with van der Waals surface area (Å²) in [6.07, 6.45) is 6.71. The standard InChI is InChI=1S/C28H34FN7O/c1-21-17-25(27-33-36(20-37-27)24-8-6-23(7-9-24)28(29)11-4-12-28)32-35(21)19-22-5-10-26(31-18-22)30-13-16-34-14-2-3-15-34/h5-10,17-18H,2-4,11-16,19-20H2,1H3,(H,30,31). The molecular formula is C28H34FN7O. The van der Waals surface area contributed by atoms with Crippen LogP contribution >= 0.6 is 0 Å². The maximum Gasteiger partial charge on any atom is 0.261 e. The van der Waals surface area contributed by atoms with Gasteiger partial charge in [-0.3, -0.25) is 4.68 Å². The molecule has 37 heavy (non-hydrogen) atoms. The maximum absolute atomic E-state index is 14.7. The summed E-state index contributed by atoms with van der Waals surface area (Å²) in [5, 5.41) is 14.5. The third-order valence-corrected chi connectivity index (χ3v) is 7.65. The highest BCUT2D eigenvalue weighted by molar-refractivity contribution is 5.94. The number of likely N-dealkylation sites (tertiary alicyclic amines) is 1. The average Bonchev–Trinajstić information content (AvgIpc) is 3.66. The van der Waals surface area contributed by atoms with Crippen LogP contribution in [0.2, 0.25) is 0 Å². The largest absolute Gasteiger partial charge is 0.452 e. The molecule has 194 valence electrons. The van der Waals surface area contributed by atoms with Crippen LogP contribution in [0.4, 0.5) is 15.9 Å². The molecule has 0 bridgehead atoms. The van der Waals surface area contributed by atoms with Gasteiger partial charge in [0.15, 0.2) is 6.73 Å². The number of hydrogen-bond acceptors (Lipinski definition) is 7. The predicted octanol–water partition coefficient (Wildman–Crippen LogP) is 4.65. The summed E-state index contributed by atoms with van der Waals surface area (Å²) in [4.78, 5) is 7.07. The first kappa shape index (κ1) is 23.9. The van der Waals surface area contributed by atoms with Crippen molar-refractivity contribution in [1.29, 1.82) is 0 Å². The van der Waals surface area contributed by atoms with Gasteiger partial charge in [-0.15, -0.1) is 5.10 Å². The van der Waals surface area contributed by atoms with Gasteiger partial charge >= 0.3 is 0 Å². The molecule has 1 saturated carbocycles. The monoisotopic (exact) mass is 503 g/mol. The fourth-order valence-electron chi connectivity index (χ4n) is 5.17. The summed E-state index contributed by atoms with van der Waals surface area (Å²) >= 11 is 0. The Balaban J connectivity index is 1.06. The highest BCUT2D eigenvalue weighted by Crippen LogP contribution is 2.45. The van der Waals surface area contributed by atoms with Gasteiger partial charge in [0, 0.05) is 25.0 Å². The number of nitrogens with one attached hydrogen (secondary N) is 1. The topological polar surface area (TPSA) is 70.8 Å². The van der Waals surface area contributed by atoms with Crippen LogP contribution in [0.1, 0.15) is 54.6 Å². The second kappa shape index (κ2) is 10.1. The molecule has 0 unspecified atom stereocenters. The fourth-order valence-corrected chi connectivity index (χ4v) is 5.17. The van der Waals surface area contributed by atoms with E-state index < -0.39 is 5.67 Å². The first-order valence-corrected chi connectivity index (χ1v) is 13.3. The third-order valence-electron chi connectivity index (χ3n) is 7.65. The Bertz CT molecular complexity index is 1240. The van der Waals surface area contributed by atoms with E-state index in [1.165, 1.54) is 25.9 Å². The molecule has 1 saturated heterocycles. The van der Waals surface area contributed by atoms with Crippen LogP contribution in [-0.4, -0.2) is 58.5 Å². The Labute approximate surface area is 217 Å². The normalized spacial score (nSPS) is 19.0. The van der Waals surface area contributed by atoms with Crippen molar-refractivity contribution in [2.75, 3.05) is 43.2 Å². The van der Waals surface area contributed by atoms with E-state index in [-0.39, 0.29) is 0 Å². The molecule has 0 radical (unpaired) electrons. The Hall–Kier alpha value is -3.46. The minimum Gasteiger partial charge on any atom is -0.452 e. The van der Waals surface area contributed by atoms with Gasteiger partial charge in [0.25, 0.3) is 5.90 Å². The Kier molecular flexibility index (Phi) is 6.54. The van der Waals surface area contributed by atoms with Gasteiger partial charge in [0.1, 0.15) is 17.2 Å². The number of halogens is 1. The van der Waals surface area contributed by atoms with Crippen molar-refractivity contribution in [1.82, 2.24) is 19.7 Å². The third kappa shape index (κ3) is 5.18. The second-order valence-electron chi connectivity index (χ2n) is 10.3. The summed E-state index contributed by atoms with van der Waals surface area (Å²) in [6, 6.07) is 13.6. The quantitative estimate of drug-likeness (QED) is 0.459. The first-order valence-electron chi connectivity index (χ1n) is 13.3. The van der Waals surface area contributed by atoms with Crippen LogP contribution in [0.3, 0.4) is 0 Å². The number of ether oxygens (including phenoxy) is 1. The van der Waals surface area contributed by atoms with E-state index in [0.29, 0.717) is 37.7 Å². The van der Waals surface area contributed by atoms with Crippen LogP contribution in [0.15, 0.2) is 53.8 Å². The van der Waals surface area contributed by atoms with E-state index in [0.717, 1.165) is 47.8 Å². The molecule has 0 amide bonds. The molecule has 3 aliphatic rings. The fraction of sp³-hybridized carbons (Fsp3) is 0.464. The Morgan fingerprint density at radius 3 is 2.57 bits per heavy atom. The summed E-state index contributed by atoms with van der Waals surface area (Å²) in [5.41, 5.74) is 3.27. The van der Waals surface area contributed by atoms with E-state index >= 15 is 0 Å². The van der Waals surface area contributed by atoms with E-state index in [9.17, 15) is 4.39 Å². The van der Waals surface area contributed by atoms with Crippen molar-refractivity contribution in [3.05, 3.63) is 71.2 Å². The van der Waals surface area contributed by atoms with E-state index in [1.54, 1.807) is 5.01 Å². The number of pyridine rings is 1. The highest BCUT2D eigenvalue weighted by atomic mass is 19.1. The molecule has 9 heteroatoms. The smallest absolute Gasteiger partial charge is 0.261 e. The number of aryl methyl sites for hydroxylation is 1. The number of anilines is 2. The van der Waals surface area contributed by atoms with Gasteiger partial charge in [-0.05, 0) is 87.5 Å². The Morgan fingerprint density at radius 2 is 1.86 bits per heavy atom. The average molecular weight is 504 g/mol. The first-order chi connectivity index (χ1) is 18.1. The van der Waals surface area contributed by atoms with Gasteiger partial charge in [-0.25, -0.2) is 14.4 Å².